The van der Waals surface area contributed by atoms with Gasteiger partial charge in [0.05, 0.1) is 5.54 Å². The average molecular weight is 324 g/mol. The molecule has 3 rings (SSSR count). The lowest BCUT2D eigenvalue weighted by atomic mass is 9.70. The topological polar surface area (TPSA) is 70.5 Å². The molecule has 1 aromatic carbocycles. The summed E-state index contributed by atoms with van der Waals surface area (Å²) < 4.78 is 0. The summed E-state index contributed by atoms with van der Waals surface area (Å²) in [6.45, 7) is 5.64. The Morgan fingerprint density at radius 3 is 2.42 bits per heavy atom. The van der Waals surface area contributed by atoms with Gasteiger partial charge in [-0.15, -0.1) is 0 Å². The number of hydrogen-bond donors (Lipinski definition) is 1. The number of aromatic nitrogens is 1. The lowest BCUT2D eigenvalue weighted by Crippen LogP contribution is -2.59. The highest BCUT2D eigenvalue weighted by Crippen LogP contribution is 2.48. The summed E-state index contributed by atoms with van der Waals surface area (Å²) in [6.07, 6.45) is 3.26. The Bertz CT molecular complexity index is 788. The van der Waals surface area contributed by atoms with Gasteiger partial charge in [-0.1, -0.05) is 18.2 Å². The second kappa shape index (κ2) is 5.74. The molecule has 24 heavy (non-hydrogen) atoms. The fourth-order valence-corrected chi connectivity index (χ4v) is 3.87. The largest absolute Gasteiger partial charge is 0.481 e. The van der Waals surface area contributed by atoms with Crippen molar-refractivity contribution in [3.05, 3.63) is 65.5 Å². The molecule has 1 aromatic heterocycles. The zero-order valence-electron chi connectivity index (χ0n) is 13.9. The first kappa shape index (κ1) is 16.2. The van der Waals surface area contributed by atoms with Gasteiger partial charge in [-0.3, -0.25) is 14.6 Å². The molecule has 2 unspecified atom stereocenters. The van der Waals surface area contributed by atoms with Gasteiger partial charge in [0.15, 0.2) is 0 Å². The number of carbonyl (C=O) groups excluding carboxylic acids is 1. The molecule has 2 atom stereocenters. The highest BCUT2D eigenvalue weighted by atomic mass is 16.4. The maximum absolute atomic E-state index is 13.1. The Balaban J connectivity index is 2.35. The Hall–Kier alpha value is -2.69. The molecule has 0 bridgehead atoms. The van der Waals surface area contributed by atoms with E-state index in [1.807, 2.05) is 20.8 Å². The minimum atomic E-state index is -0.992. The fourth-order valence-electron chi connectivity index (χ4n) is 3.87. The van der Waals surface area contributed by atoms with E-state index in [1.54, 1.807) is 53.7 Å². The van der Waals surface area contributed by atoms with E-state index in [4.69, 9.17) is 0 Å². The highest BCUT2D eigenvalue weighted by molar-refractivity contribution is 6.01. The van der Waals surface area contributed by atoms with Crippen LogP contribution in [0.4, 0.5) is 0 Å². The average Bonchev–Trinajstić information content (AvgIpc) is 2.55. The van der Waals surface area contributed by atoms with Crippen molar-refractivity contribution < 1.29 is 14.7 Å². The van der Waals surface area contributed by atoms with E-state index >= 15 is 0 Å². The van der Waals surface area contributed by atoms with Crippen LogP contribution in [0.25, 0.3) is 0 Å². The Morgan fingerprint density at radius 1 is 1.21 bits per heavy atom. The first-order chi connectivity index (χ1) is 11.4. The van der Waals surface area contributed by atoms with Crippen LogP contribution < -0.4 is 0 Å². The van der Waals surface area contributed by atoms with Crippen LogP contribution >= 0.6 is 0 Å². The van der Waals surface area contributed by atoms with Gasteiger partial charge in [0.25, 0.3) is 5.91 Å². The second-order valence-electron chi connectivity index (χ2n) is 6.51. The van der Waals surface area contributed by atoms with Crippen molar-refractivity contribution in [2.24, 2.45) is 0 Å². The molecule has 1 aliphatic rings. The molecule has 0 saturated heterocycles. The SMILES string of the molecule is CC(C)N1C(=O)c2ccccc2C(C(=O)O)C1(C)c1ccncc1. The van der Waals surface area contributed by atoms with Crippen LogP contribution in [0.5, 0.6) is 0 Å². The number of pyridine rings is 1. The molecule has 1 aliphatic heterocycles. The first-order valence-corrected chi connectivity index (χ1v) is 7.95. The van der Waals surface area contributed by atoms with Gasteiger partial charge in [0.1, 0.15) is 5.92 Å². The lowest BCUT2D eigenvalue weighted by molar-refractivity contribution is -0.143. The predicted molar refractivity (Wildman–Crippen MR) is 89.7 cm³/mol. The van der Waals surface area contributed by atoms with Gasteiger partial charge in [-0.05, 0) is 50.1 Å². The molecule has 2 heterocycles. The summed E-state index contributed by atoms with van der Waals surface area (Å²) >= 11 is 0. The molecule has 0 fully saturated rings. The van der Waals surface area contributed by atoms with E-state index in [0.717, 1.165) is 5.56 Å². The van der Waals surface area contributed by atoms with Crippen molar-refractivity contribution in [1.29, 1.82) is 0 Å². The normalized spacial score (nSPS) is 23.2. The molecule has 0 saturated carbocycles. The quantitative estimate of drug-likeness (QED) is 0.942. The van der Waals surface area contributed by atoms with Crippen LogP contribution in [-0.2, 0) is 10.3 Å². The monoisotopic (exact) mass is 324 g/mol. The number of benzene rings is 1. The Morgan fingerprint density at radius 2 is 1.83 bits per heavy atom. The smallest absolute Gasteiger partial charge is 0.313 e. The molecule has 124 valence electrons. The number of rotatable bonds is 3. The van der Waals surface area contributed by atoms with Crippen LogP contribution in [-0.4, -0.2) is 32.9 Å². The maximum Gasteiger partial charge on any atom is 0.313 e. The summed E-state index contributed by atoms with van der Waals surface area (Å²) in [4.78, 5) is 31.1. The maximum atomic E-state index is 13.1. The van der Waals surface area contributed by atoms with Gasteiger partial charge in [-0.25, -0.2) is 0 Å². The summed E-state index contributed by atoms with van der Waals surface area (Å²) in [6, 6.07) is 10.4. The fraction of sp³-hybridized carbons (Fsp3) is 0.316. The van der Waals surface area contributed by atoms with Crippen LogP contribution in [0.1, 0.15) is 48.2 Å². The number of carboxylic acid groups (broad SMARTS) is 1. The van der Waals surface area contributed by atoms with Gasteiger partial charge < -0.3 is 10.0 Å². The molecular weight excluding hydrogens is 304 g/mol. The zero-order valence-corrected chi connectivity index (χ0v) is 13.9. The summed E-state index contributed by atoms with van der Waals surface area (Å²) in [7, 11) is 0. The molecular formula is C19H20N2O3. The van der Waals surface area contributed by atoms with Crippen molar-refractivity contribution in [3.8, 4) is 0 Å². The van der Waals surface area contributed by atoms with E-state index in [-0.39, 0.29) is 11.9 Å². The van der Waals surface area contributed by atoms with E-state index < -0.39 is 17.4 Å². The third-order valence-corrected chi connectivity index (χ3v) is 4.81. The van der Waals surface area contributed by atoms with Crippen LogP contribution in [0, 0.1) is 0 Å². The van der Waals surface area contributed by atoms with Crippen LogP contribution in [0.2, 0.25) is 0 Å². The van der Waals surface area contributed by atoms with Gasteiger partial charge in [-0.2, -0.15) is 0 Å². The van der Waals surface area contributed by atoms with Crippen LogP contribution in [0.15, 0.2) is 48.8 Å². The second-order valence-corrected chi connectivity index (χ2v) is 6.51. The van der Waals surface area contributed by atoms with E-state index in [2.05, 4.69) is 4.98 Å². The van der Waals surface area contributed by atoms with Crippen LogP contribution in [0.3, 0.4) is 0 Å². The molecule has 0 spiro atoms. The Kier molecular flexibility index (Phi) is 3.87. The van der Waals surface area contributed by atoms with Gasteiger partial charge >= 0.3 is 5.97 Å². The van der Waals surface area contributed by atoms with Crippen molar-refractivity contribution in [2.75, 3.05) is 0 Å². The van der Waals surface area contributed by atoms with Crippen molar-refractivity contribution in [2.45, 2.75) is 38.3 Å². The minimum absolute atomic E-state index is 0.141. The number of carbonyl (C=O) groups is 2. The summed E-state index contributed by atoms with van der Waals surface area (Å²) in [5.74, 6) is -1.94. The summed E-state index contributed by atoms with van der Waals surface area (Å²) in [5.41, 5.74) is 0.798. The highest BCUT2D eigenvalue weighted by Gasteiger charge is 2.53. The van der Waals surface area contributed by atoms with E-state index in [1.165, 1.54) is 0 Å². The predicted octanol–water partition coefficient (Wildman–Crippen LogP) is 3.03. The van der Waals surface area contributed by atoms with Crippen molar-refractivity contribution in [3.63, 3.8) is 0 Å². The molecule has 5 nitrogen and oxygen atoms in total. The number of carboxylic acids is 1. The van der Waals surface area contributed by atoms with Gasteiger partial charge in [0, 0.05) is 24.0 Å². The molecule has 1 N–H and O–H groups in total. The summed E-state index contributed by atoms with van der Waals surface area (Å²) in [5, 5.41) is 10.0. The third kappa shape index (κ3) is 2.19. The minimum Gasteiger partial charge on any atom is -0.481 e. The van der Waals surface area contributed by atoms with Gasteiger partial charge in [0.2, 0.25) is 0 Å². The van der Waals surface area contributed by atoms with Crippen molar-refractivity contribution >= 4 is 11.9 Å². The lowest BCUT2D eigenvalue weighted by Gasteiger charge is -2.51. The van der Waals surface area contributed by atoms with E-state index in [0.29, 0.717) is 11.1 Å². The molecule has 0 aliphatic carbocycles. The Labute approximate surface area is 140 Å². The molecule has 5 heteroatoms. The standard InChI is InChI=1S/C19H20N2O3/c1-12(2)21-17(22)15-7-5-4-6-14(15)16(18(23)24)19(21,3)13-8-10-20-11-9-13/h4-12,16H,1-3H3,(H,23,24). The number of fused-ring (bicyclic) bond motifs is 1. The number of amides is 1. The first-order valence-electron chi connectivity index (χ1n) is 7.95. The zero-order chi connectivity index (χ0) is 17.5. The molecule has 2 aromatic rings. The number of aliphatic carboxylic acids is 1. The molecule has 0 radical (unpaired) electrons. The number of hydrogen-bond acceptors (Lipinski definition) is 3. The van der Waals surface area contributed by atoms with Crippen molar-refractivity contribution in [1.82, 2.24) is 9.88 Å². The van der Waals surface area contributed by atoms with E-state index in [9.17, 15) is 14.7 Å². The third-order valence-electron chi connectivity index (χ3n) is 4.81. The molecule has 1 amide bonds. The number of nitrogens with zero attached hydrogens (tertiary/aromatic N) is 2.